The van der Waals surface area contributed by atoms with Crippen molar-refractivity contribution in [1.82, 2.24) is 0 Å². The molecule has 0 spiro atoms. The zero-order chi connectivity index (χ0) is 45.0. The summed E-state index contributed by atoms with van der Waals surface area (Å²) in [6.07, 6.45) is -0.443. The highest BCUT2D eigenvalue weighted by Gasteiger charge is 2.31. The average Bonchev–Trinajstić information content (AvgIpc) is 3.28. The van der Waals surface area contributed by atoms with Crippen LogP contribution in [0.3, 0.4) is 0 Å². The van der Waals surface area contributed by atoms with Gasteiger partial charge in [-0.05, 0) is 47.9 Å². The number of benzene rings is 7. The first-order chi connectivity index (χ1) is 30.2. The van der Waals surface area contributed by atoms with Gasteiger partial charge < -0.3 is 14.7 Å². The molecule has 0 unspecified atom stereocenters. The maximum Gasteiger partial charge on any atom is 0.338 e. The van der Waals surface area contributed by atoms with E-state index in [0.717, 1.165) is 37.2 Å². The van der Waals surface area contributed by atoms with E-state index in [0.29, 0.717) is 12.2 Å². The van der Waals surface area contributed by atoms with Crippen LogP contribution in [0, 0.1) is 13.8 Å². The lowest BCUT2D eigenvalue weighted by Gasteiger charge is -2.44. The summed E-state index contributed by atoms with van der Waals surface area (Å²) in [7, 11) is 0. The Bertz CT molecular complexity index is 2280. The SMILES string of the molecule is Cc1ccccc1C[NH+](CCCOC(=O)c1cc(C(C)(C)C)c(O)c(C(C)(C)C)c1)Cc1ccccc1C.c1ccc([B-](c2ccccc2)(c2ccccc2)c2ccccc2)cc1. The molecule has 0 atom stereocenters. The molecule has 0 amide bonds. The van der Waals surface area contributed by atoms with Crippen LogP contribution in [0.15, 0.2) is 182 Å². The minimum atomic E-state index is -1.22. The van der Waals surface area contributed by atoms with E-state index in [1.54, 1.807) is 12.1 Å². The maximum absolute atomic E-state index is 13.1. The Morgan fingerprint density at radius 3 is 1.19 bits per heavy atom. The largest absolute Gasteiger partial charge is 0.507 e. The molecular weight excluding hydrogens is 769 g/mol. The van der Waals surface area contributed by atoms with E-state index in [1.807, 2.05) is 41.5 Å². The summed E-state index contributed by atoms with van der Waals surface area (Å²) in [4.78, 5) is 14.6. The van der Waals surface area contributed by atoms with Crippen LogP contribution in [0.1, 0.15) is 91.7 Å². The predicted molar refractivity (Wildman–Crippen MR) is 266 cm³/mol. The first-order valence-corrected chi connectivity index (χ1v) is 22.5. The van der Waals surface area contributed by atoms with Crippen molar-refractivity contribution in [2.24, 2.45) is 0 Å². The molecule has 0 heterocycles. The van der Waals surface area contributed by atoms with E-state index in [9.17, 15) is 9.90 Å². The zero-order valence-electron chi connectivity index (χ0n) is 38.7. The van der Waals surface area contributed by atoms with Crippen LogP contribution in [0.25, 0.3) is 0 Å². The molecule has 63 heavy (non-hydrogen) atoms. The van der Waals surface area contributed by atoms with Gasteiger partial charge in [-0.25, -0.2) is 4.79 Å². The topological polar surface area (TPSA) is 51.0 Å². The van der Waals surface area contributed by atoms with Gasteiger partial charge in [0.1, 0.15) is 25.0 Å². The number of rotatable bonds is 13. The number of carbonyl (C=O) groups excluding carboxylic acids is 1. The van der Waals surface area contributed by atoms with Gasteiger partial charge in [-0.15, -0.1) is 0 Å². The summed E-state index contributed by atoms with van der Waals surface area (Å²) in [5.74, 6) is -0.0615. The van der Waals surface area contributed by atoms with Crippen molar-refractivity contribution in [3.05, 3.63) is 221 Å². The normalized spacial score (nSPS) is 11.8. The maximum atomic E-state index is 13.1. The van der Waals surface area contributed by atoms with Crippen molar-refractivity contribution in [2.45, 2.75) is 85.7 Å². The molecule has 7 rings (SSSR count). The van der Waals surface area contributed by atoms with Crippen LogP contribution >= 0.6 is 0 Å². The highest BCUT2D eigenvalue weighted by molar-refractivity contribution is 7.19. The van der Waals surface area contributed by atoms with Crippen LogP contribution in [-0.4, -0.2) is 30.4 Å². The van der Waals surface area contributed by atoms with Crippen LogP contribution in [0.2, 0.25) is 0 Å². The standard InChI is InChI=1S/C34H45NO3.C24H20B/c1-24-14-9-11-16-26(24)22-35(23-27-17-12-10-15-25(27)2)18-13-19-38-32(37)28-20-29(33(3,4)5)31(36)30(21-28)34(6,7)8;1-5-13-21(14-6-1)25(22-15-7-2-8-16-22,23-17-9-3-10-18-23)24-19-11-4-12-20-24/h9-12,14-17,20-21,36H,13,18-19,22-23H2,1-8H3;1-20H/q;-1/p+1. The first-order valence-electron chi connectivity index (χ1n) is 22.5. The molecule has 7 aromatic rings. The highest BCUT2D eigenvalue weighted by atomic mass is 16.5. The summed E-state index contributed by atoms with van der Waals surface area (Å²) >= 11 is 0. The van der Waals surface area contributed by atoms with Gasteiger partial charge in [-0.1, -0.05) is 211 Å². The van der Waals surface area contributed by atoms with Gasteiger partial charge in [0.15, 0.2) is 0 Å². The van der Waals surface area contributed by atoms with E-state index in [2.05, 4.69) is 184 Å². The molecule has 0 saturated carbocycles. The molecule has 2 N–H and O–H groups in total. The number of ether oxygens (including phenoxy) is 1. The number of carbonyl (C=O) groups is 1. The van der Waals surface area contributed by atoms with Crippen molar-refractivity contribution in [1.29, 1.82) is 0 Å². The number of hydrogen-bond donors (Lipinski definition) is 2. The Kier molecular flexibility index (Phi) is 15.3. The van der Waals surface area contributed by atoms with Crippen molar-refractivity contribution in [2.75, 3.05) is 13.2 Å². The lowest BCUT2D eigenvalue weighted by molar-refractivity contribution is -0.927. The van der Waals surface area contributed by atoms with Crippen molar-refractivity contribution >= 4 is 34.0 Å². The summed E-state index contributed by atoms with van der Waals surface area (Å²) in [5, 5.41) is 11.0. The van der Waals surface area contributed by atoms with Crippen LogP contribution < -0.4 is 26.8 Å². The van der Waals surface area contributed by atoms with Crippen LogP contribution in [0.5, 0.6) is 5.75 Å². The number of esters is 1. The van der Waals surface area contributed by atoms with E-state index in [-0.39, 0.29) is 22.5 Å². The van der Waals surface area contributed by atoms with Gasteiger partial charge in [-0.3, -0.25) is 0 Å². The van der Waals surface area contributed by atoms with Crippen molar-refractivity contribution in [3.8, 4) is 5.75 Å². The van der Waals surface area contributed by atoms with Gasteiger partial charge in [0.25, 0.3) is 0 Å². The molecule has 0 radical (unpaired) electrons. The second kappa shape index (κ2) is 20.8. The molecule has 0 aliphatic carbocycles. The van der Waals surface area contributed by atoms with Gasteiger partial charge in [0.2, 0.25) is 0 Å². The molecule has 0 fully saturated rings. The number of phenolic OH excluding ortho intramolecular Hbond substituents is 1. The van der Waals surface area contributed by atoms with Crippen LogP contribution in [0.4, 0.5) is 0 Å². The van der Waals surface area contributed by atoms with E-state index in [1.165, 1.54) is 49.0 Å². The van der Waals surface area contributed by atoms with Gasteiger partial charge in [0, 0.05) is 28.7 Å². The second-order valence-electron chi connectivity index (χ2n) is 19.1. The summed E-state index contributed by atoms with van der Waals surface area (Å²) in [6, 6.07) is 64.2. The minimum Gasteiger partial charge on any atom is -0.507 e. The third kappa shape index (κ3) is 11.5. The van der Waals surface area contributed by atoms with Crippen molar-refractivity contribution in [3.63, 3.8) is 0 Å². The summed E-state index contributed by atoms with van der Waals surface area (Å²) < 4.78 is 5.77. The Morgan fingerprint density at radius 2 is 0.857 bits per heavy atom. The number of hydrogen-bond acceptors (Lipinski definition) is 3. The number of nitrogens with one attached hydrogen (secondary N) is 1. The minimum absolute atomic E-state index is 0.271. The van der Waals surface area contributed by atoms with Gasteiger partial charge in [0.05, 0.1) is 18.7 Å². The van der Waals surface area contributed by atoms with Crippen LogP contribution in [-0.2, 0) is 28.7 Å². The number of quaternary nitrogens is 1. The fourth-order valence-electron chi connectivity index (χ4n) is 8.98. The third-order valence-corrected chi connectivity index (χ3v) is 12.5. The van der Waals surface area contributed by atoms with E-state index >= 15 is 0 Å². The lowest BCUT2D eigenvalue weighted by Crippen LogP contribution is -3.09. The summed E-state index contributed by atoms with van der Waals surface area (Å²) in [6.45, 7) is 19.7. The number of phenols is 1. The monoisotopic (exact) mass is 836 g/mol. The molecule has 0 aromatic heterocycles. The molecule has 0 saturated heterocycles. The van der Waals surface area contributed by atoms with Gasteiger partial charge in [-0.2, -0.15) is 21.9 Å². The van der Waals surface area contributed by atoms with Crippen molar-refractivity contribution < 1.29 is 19.5 Å². The Labute approximate surface area is 377 Å². The molecule has 5 heteroatoms. The first kappa shape index (κ1) is 46.3. The molecular formula is C58H66BNO3. The lowest BCUT2D eigenvalue weighted by atomic mass is 9.13. The van der Waals surface area contributed by atoms with E-state index < -0.39 is 6.15 Å². The Morgan fingerprint density at radius 1 is 0.524 bits per heavy atom. The number of aryl methyl sites for hydroxylation is 2. The zero-order valence-corrected chi connectivity index (χ0v) is 38.7. The highest BCUT2D eigenvalue weighted by Crippen LogP contribution is 2.40. The molecule has 0 aliphatic rings. The fraction of sp³-hybridized carbons (Fsp3) is 0.259. The molecule has 7 aromatic carbocycles. The van der Waals surface area contributed by atoms with Gasteiger partial charge >= 0.3 is 5.97 Å². The fourth-order valence-corrected chi connectivity index (χ4v) is 8.98. The predicted octanol–water partition coefficient (Wildman–Crippen LogP) is 9.50. The molecule has 0 aliphatic heterocycles. The second-order valence-corrected chi connectivity index (χ2v) is 19.1. The quantitative estimate of drug-likeness (QED) is 0.0692. The third-order valence-electron chi connectivity index (χ3n) is 12.5. The summed E-state index contributed by atoms with van der Waals surface area (Å²) in [5.41, 5.74) is 12.1. The Balaban J connectivity index is 0.000000227. The van der Waals surface area contributed by atoms with E-state index in [4.69, 9.17) is 4.74 Å². The molecule has 4 nitrogen and oxygen atoms in total. The number of aromatic hydroxyl groups is 1. The molecule has 0 bridgehead atoms. The average molecular weight is 836 g/mol. The smallest absolute Gasteiger partial charge is 0.338 e. The molecule has 324 valence electrons. The Hall–Kier alpha value is -6.17.